The van der Waals surface area contributed by atoms with Crippen LogP contribution in [-0.2, 0) is 16.0 Å². The molecule has 0 aliphatic heterocycles. The second-order valence-electron chi connectivity index (χ2n) is 5.48. The van der Waals surface area contributed by atoms with Gasteiger partial charge in [0.2, 0.25) is 11.8 Å². The molecule has 136 valence electrons. The average molecular weight is 394 g/mol. The molecule has 0 radical (unpaired) electrons. The van der Waals surface area contributed by atoms with Crippen LogP contribution in [0.4, 0.5) is 0 Å². The molecule has 0 fully saturated rings. The summed E-state index contributed by atoms with van der Waals surface area (Å²) in [6, 6.07) is 12.4. The first kappa shape index (κ1) is 19.8. The van der Waals surface area contributed by atoms with Gasteiger partial charge in [-0.25, -0.2) is 0 Å². The van der Waals surface area contributed by atoms with Gasteiger partial charge in [0, 0.05) is 22.0 Å². The van der Waals surface area contributed by atoms with E-state index in [0.29, 0.717) is 21.2 Å². The normalized spacial score (nSPS) is 11.5. The molecule has 0 saturated heterocycles. The third-order valence-corrected chi connectivity index (χ3v) is 4.30. The lowest BCUT2D eigenvalue weighted by Crippen LogP contribution is -2.49. The van der Waals surface area contributed by atoms with Gasteiger partial charge in [-0.1, -0.05) is 47.5 Å². The van der Waals surface area contributed by atoms with Gasteiger partial charge in [-0.15, -0.1) is 0 Å². The predicted molar refractivity (Wildman–Crippen MR) is 100 cm³/mol. The molecule has 4 N–H and O–H groups in total. The molecule has 0 spiro atoms. The molecular formula is C18H17Cl2N3O3. The molecule has 2 rings (SSSR count). The van der Waals surface area contributed by atoms with E-state index in [2.05, 4.69) is 10.6 Å². The molecule has 0 aliphatic rings. The molecule has 0 aromatic heterocycles. The number of hydrogen-bond donors (Lipinski definition) is 3. The summed E-state index contributed by atoms with van der Waals surface area (Å²) in [6.45, 7) is -0.298. The van der Waals surface area contributed by atoms with Gasteiger partial charge in [-0.3, -0.25) is 14.4 Å². The van der Waals surface area contributed by atoms with Gasteiger partial charge in [0.15, 0.2) is 0 Å². The van der Waals surface area contributed by atoms with Crippen LogP contribution in [0.5, 0.6) is 0 Å². The molecule has 6 nitrogen and oxygen atoms in total. The highest BCUT2D eigenvalue weighted by molar-refractivity contribution is 6.36. The Labute approximate surface area is 160 Å². The van der Waals surface area contributed by atoms with Crippen LogP contribution < -0.4 is 16.4 Å². The van der Waals surface area contributed by atoms with Gasteiger partial charge in [0.05, 0.1) is 6.54 Å². The van der Waals surface area contributed by atoms with E-state index in [4.69, 9.17) is 28.9 Å². The monoisotopic (exact) mass is 393 g/mol. The van der Waals surface area contributed by atoms with E-state index >= 15 is 0 Å². The topological polar surface area (TPSA) is 101 Å². The van der Waals surface area contributed by atoms with Crippen molar-refractivity contribution >= 4 is 40.9 Å². The van der Waals surface area contributed by atoms with Crippen LogP contribution in [0, 0.1) is 0 Å². The first-order chi connectivity index (χ1) is 12.4. The summed E-state index contributed by atoms with van der Waals surface area (Å²) in [4.78, 5) is 35.6. The summed E-state index contributed by atoms with van der Waals surface area (Å²) in [5, 5.41) is 5.70. The number of primary amides is 1. The van der Waals surface area contributed by atoms with E-state index in [-0.39, 0.29) is 13.0 Å². The van der Waals surface area contributed by atoms with Crippen LogP contribution in [0.25, 0.3) is 0 Å². The number of halogens is 2. The van der Waals surface area contributed by atoms with Crippen molar-refractivity contribution in [3.05, 3.63) is 69.7 Å². The Morgan fingerprint density at radius 1 is 0.962 bits per heavy atom. The molecule has 3 amide bonds. The number of hydrogen-bond acceptors (Lipinski definition) is 3. The summed E-state index contributed by atoms with van der Waals surface area (Å²) in [6.07, 6.45) is 0.0478. The number of nitrogens with two attached hydrogens (primary N) is 1. The minimum absolute atomic E-state index is 0.0478. The predicted octanol–water partition coefficient (Wildman–Crippen LogP) is 1.94. The number of benzene rings is 2. The molecule has 26 heavy (non-hydrogen) atoms. The quantitative estimate of drug-likeness (QED) is 0.669. The molecule has 0 saturated carbocycles. The fraction of sp³-hybridized carbons (Fsp3) is 0.167. The number of rotatable bonds is 7. The molecule has 2 aromatic rings. The molecule has 0 aliphatic carbocycles. The largest absolute Gasteiger partial charge is 0.368 e. The maximum Gasteiger partial charge on any atom is 0.251 e. The van der Waals surface area contributed by atoms with E-state index in [1.54, 1.807) is 48.5 Å². The lowest BCUT2D eigenvalue weighted by atomic mass is 10.1. The Balaban J connectivity index is 1.96. The number of amides is 3. The second kappa shape index (κ2) is 9.22. The highest BCUT2D eigenvalue weighted by Crippen LogP contribution is 2.25. The van der Waals surface area contributed by atoms with E-state index in [9.17, 15) is 14.4 Å². The summed E-state index contributed by atoms with van der Waals surface area (Å²) < 4.78 is 0. The molecule has 0 unspecified atom stereocenters. The summed E-state index contributed by atoms with van der Waals surface area (Å²) >= 11 is 12.2. The van der Waals surface area contributed by atoms with Gasteiger partial charge >= 0.3 is 0 Å². The molecule has 2 aromatic carbocycles. The average Bonchev–Trinajstić information content (AvgIpc) is 2.62. The van der Waals surface area contributed by atoms with Crippen molar-refractivity contribution in [2.75, 3.05) is 6.54 Å². The highest BCUT2D eigenvalue weighted by atomic mass is 35.5. The summed E-state index contributed by atoms with van der Waals surface area (Å²) in [5.74, 6) is -1.68. The van der Waals surface area contributed by atoms with Crippen LogP contribution in [0.2, 0.25) is 10.0 Å². The van der Waals surface area contributed by atoms with Gasteiger partial charge < -0.3 is 16.4 Å². The summed E-state index contributed by atoms with van der Waals surface area (Å²) in [5.41, 5.74) is 6.29. The van der Waals surface area contributed by atoms with Crippen LogP contribution >= 0.6 is 23.2 Å². The SMILES string of the molecule is NC(=O)[C@@H](Cc1c(Cl)cccc1Cl)NC(=O)CNC(=O)c1ccccc1. The Bertz CT molecular complexity index is 792. The van der Waals surface area contributed by atoms with Crippen LogP contribution in [0.1, 0.15) is 15.9 Å². The molecule has 1 atom stereocenters. The third-order valence-electron chi connectivity index (χ3n) is 3.59. The van der Waals surface area contributed by atoms with E-state index < -0.39 is 23.8 Å². The van der Waals surface area contributed by atoms with Crippen LogP contribution in [0.15, 0.2) is 48.5 Å². The number of nitrogens with one attached hydrogen (secondary N) is 2. The van der Waals surface area contributed by atoms with E-state index in [1.807, 2.05) is 0 Å². The first-order valence-electron chi connectivity index (χ1n) is 7.73. The minimum Gasteiger partial charge on any atom is -0.368 e. The highest BCUT2D eigenvalue weighted by Gasteiger charge is 2.21. The Morgan fingerprint density at radius 2 is 1.58 bits per heavy atom. The zero-order valence-electron chi connectivity index (χ0n) is 13.7. The van der Waals surface area contributed by atoms with Crippen molar-refractivity contribution < 1.29 is 14.4 Å². The zero-order chi connectivity index (χ0) is 19.1. The maximum absolute atomic E-state index is 12.1. The fourth-order valence-electron chi connectivity index (χ4n) is 2.25. The standard InChI is InChI=1S/C18H17Cl2N3O3/c19-13-7-4-8-14(20)12(13)9-15(17(21)25)23-16(24)10-22-18(26)11-5-2-1-3-6-11/h1-8,15H,9-10H2,(H2,21,25)(H,22,26)(H,23,24)/t15-/m1/s1. The first-order valence-corrected chi connectivity index (χ1v) is 8.49. The van der Waals surface area contributed by atoms with Gasteiger partial charge in [-0.05, 0) is 29.8 Å². The Kier molecular flexibility index (Phi) is 7.00. The Morgan fingerprint density at radius 3 is 2.15 bits per heavy atom. The second-order valence-corrected chi connectivity index (χ2v) is 6.29. The van der Waals surface area contributed by atoms with Gasteiger partial charge in [0.25, 0.3) is 5.91 Å². The van der Waals surface area contributed by atoms with Crippen LogP contribution in [0.3, 0.4) is 0 Å². The van der Waals surface area contributed by atoms with Gasteiger partial charge in [0.1, 0.15) is 6.04 Å². The smallest absolute Gasteiger partial charge is 0.251 e. The zero-order valence-corrected chi connectivity index (χ0v) is 15.2. The minimum atomic E-state index is -1.01. The Hall–Kier alpha value is -2.57. The van der Waals surface area contributed by atoms with Crippen molar-refractivity contribution in [2.24, 2.45) is 5.73 Å². The van der Waals surface area contributed by atoms with Crippen molar-refractivity contribution in [2.45, 2.75) is 12.5 Å². The van der Waals surface area contributed by atoms with Gasteiger partial charge in [-0.2, -0.15) is 0 Å². The summed E-state index contributed by atoms with van der Waals surface area (Å²) in [7, 11) is 0. The van der Waals surface area contributed by atoms with Crippen LogP contribution in [-0.4, -0.2) is 30.3 Å². The molecule has 8 heteroatoms. The molecular weight excluding hydrogens is 377 g/mol. The van der Waals surface area contributed by atoms with Crippen molar-refractivity contribution in [3.63, 3.8) is 0 Å². The van der Waals surface area contributed by atoms with Crippen molar-refractivity contribution in [1.29, 1.82) is 0 Å². The molecule has 0 bridgehead atoms. The van der Waals surface area contributed by atoms with Crippen molar-refractivity contribution in [1.82, 2.24) is 10.6 Å². The molecule has 0 heterocycles. The third kappa shape index (κ3) is 5.47. The lowest BCUT2D eigenvalue weighted by molar-refractivity contribution is -0.126. The maximum atomic E-state index is 12.1. The lowest BCUT2D eigenvalue weighted by Gasteiger charge is -2.17. The van der Waals surface area contributed by atoms with E-state index in [1.165, 1.54) is 0 Å². The number of carbonyl (C=O) groups is 3. The van der Waals surface area contributed by atoms with Crippen molar-refractivity contribution in [3.8, 4) is 0 Å². The number of carbonyl (C=O) groups excluding carboxylic acids is 3. The van der Waals surface area contributed by atoms with E-state index in [0.717, 1.165) is 0 Å². The fourth-order valence-corrected chi connectivity index (χ4v) is 2.80.